The van der Waals surface area contributed by atoms with Gasteiger partial charge in [0, 0.05) is 13.0 Å². The first-order valence-corrected chi connectivity index (χ1v) is 7.18. The second-order valence-electron chi connectivity index (χ2n) is 6.28. The third kappa shape index (κ3) is 11.7. The molecular weight excluding hydrogens is 266 g/mol. The molecule has 2 N–H and O–H groups in total. The molecule has 4 nitrogen and oxygen atoms in total. The first-order valence-electron chi connectivity index (χ1n) is 7.18. The zero-order chi connectivity index (χ0) is 16.3. The number of hydrogen-bond acceptors (Lipinski definition) is 2. The van der Waals surface area contributed by atoms with Gasteiger partial charge in [-0.15, -0.1) is 0 Å². The van der Waals surface area contributed by atoms with Crippen LogP contribution in [0.1, 0.15) is 44.7 Å². The zero-order valence-corrected chi connectivity index (χ0v) is 13.5. The maximum Gasteiger partial charge on any atom is 0.290 e. The molecule has 0 spiro atoms. The predicted octanol–water partition coefficient (Wildman–Crippen LogP) is 3.18. The van der Waals surface area contributed by atoms with Gasteiger partial charge in [-0.05, 0) is 30.7 Å². The first kappa shape index (κ1) is 19.2. The molecule has 1 aromatic rings. The minimum absolute atomic E-state index is 0.159. The molecule has 0 aliphatic heterocycles. The van der Waals surface area contributed by atoms with E-state index in [4.69, 9.17) is 9.90 Å². The van der Waals surface area contributed by atoms with Crippen LogP contribution in [0, 0.1) is 12.3 Å². The summed E-state index contributed by atoms with van der Waals surface area (Å²) in [6.07, 6.45) is 2.51. The SMILES string of the molecule is Cc1ccc(CCCC(=O)NCC(C)(C)C)cc1.O=CO. The van der Waals surface area contributed by atoms with E-state index >= 15 is 0 Å². The van der Waals surface area contributed by atoms with Crippen LogP contribution in [-0.2, 0) is 16.0 Å². The Bertz CT molecular complexity index is 419. The van der Waals surface area contributed by atoms with Crippen molar-refractivity contribution in [2.75, 3.05) is 6.54 Å². The van der Waals surface area contributed by atoms with E-state index < -0.39 is 0 Å². The van der Waals surface area contributed by atoms with Gasteiger partial charge >= 0.3 is 0 Å². The highest BCUT2D eigenvalue weighted by Gasteiger charge is 2.11. The van der Waals surface area contributed by atoms with Crippen LogP contribution >= 0.6 is 0 Å². The highest BCUT2D eigenvalue weighted by atomic mass is 16.3. The smallest absolute Gasteiger partial charge is 0.290 e. The van der Waals surface area contributed by atoms with Crippen molar-refractivity contribution in [3.05, 3.63) is 35.4 Å². The molecule has 21 heavy (non-hydrogen) atoms. The third-order valence-electron chi connectivity index (χ3n) is 2.81. The van der Waals surface area contributed by atoms with E-state index in [1.54, 1.807) is 0 Å². The van der Waals surface area contributed by atoms with Gasteiger partial charge < -0.3 is 10.4 Å². The summed E-state index contributed by atoms with van der Waals surface area (Å²) < 4.78 is 0. The number of carbonyl (C=O) groups excluding carboxylic acids is 1. The lowest BCUT2D eigenvalue weighted by Crippen LogP contribution is -2.32. The maximum absolute atomic E-state index is 11.6. The second-order valence-corrected chi connectivity index (χ2v) is 6.28. The van der Waals surface area contributed by atoms with E-state index in [1.807, 2.05) is 0 Å². The van der Waals surface area contributed by atoms with Gasteiger partial charge in [0.05, 0.1) is 0 Å². The standard InChI is InChI=1S/C16H25NO.CH2O2/c1-13-8-10-14(11-9-13)6-5-7-15(18)17-12-16(2,3)4;2-1-3/h8-11H,5-7,12H2,1-4H3,(H,17,18);1H,(H,2,3). The summed E-state index contributed by atoms with van der Waals surface area (Å²) in [4.78, 5) is 20.0. The van der Waals surface area contributed by atoms with Crippen molar-refractivity contribution in [2.45, 2.75) is 47.0 Å². The highest BCUT2D eigenvalue weighted by molar-refractivity contribution is 5.75. The summed E-state index contributed by atoms with van der Waals surface area (Å²) >= 11 is 0. The van der Waals surface area contributed by atoms with Crippen molar-refractivity contribution in [1.29, 1.82) is 0 Å². The Kier molecular flexibility index (Phi) is 9.10. The van der Waals surface area contributed by atoms with Gasteiger partial charge in [0.15, 0.2) is 0 Å². The summed E-state index contributed by atoms with van der Waals surface area (Å²) in [5.74, 6) is 0.164. The Balaban J connectivity index is 0.00000122. The Hall–Kier alpha value is -1.84. The van der Waals surface area contributed by atoms with Crippen LogP contribution in [0.4, 0.5) is 0 Å². The number of carboxylic acid groups (broad SMARTS) is 1. The van der Waals surface area contributed by atoms with E-state index in [0.29, 0.717) is 6.42 Å². The van der Waals surface area contributed by atoms with Crippen molar-refractivity contribution < 1.29 is 14.7 Å². The van der Waals surface area contributed by atoms with Crippen molar-refractivity contribution >= 4 is 12.4 Å². The van der Waals surface area contributed by atoms with E-state index in [1.165, 1.54) is 11.1 Å². The Labute approximate surface area is 127 Å². The predicted molar refractivity (Wildman–Crippen MR) is 85.3 cm³/mol. The molecule has 0 saturated carbocycles. The number of amides is 1. The quantitative estimate of drug-likeness (QED) is 0.819. The molecule has 0 radical (unpaired) electrons. The lowest BCUT2D eigenvalue weighted by Gasteiger charge is -2.18. The molecule has 0 atom stereocenters. The molecule has 118 valence electrons. The lowest BCUT2D eigenvalue weighted by molar-refractivity contribution is -0.123. The van der Waals surface area contributed by atoms with E-state index in [2.05, 4.69) is 57.3 Å². The minimum atomic E-state index is -0.250. The average molecular weight is 293 g/mol. The van der Waals surface area contributed by atoms with Crippen LogP contribution < -0.4 is 5.32 Å². The maximum atomic E-state index is 11.6. The van der Waals surface area contributed by atoms with Gasteiger partial charge in [-0.25, -0.2) is 0 Å². The molecule has 0 bridgehead atoms. The zero-order valence-electron chi connectivity index (χ0n) is 13.5. The minimum Gasteiger partial charge on any atom is -0.483 e. The van der Waals surface area contributed by atoms with Gasteiger partial charge in [0.25, 0.3) is 6.47 Å². The number of carbonyl (C=O) groups is 2. The van der Waals surface area contributed by atoms with Gasteiger partial charge in [-0.3, -0.25) is 9.59 Å². The molecular formula is C17H27NO3. The summed E-state index contributed by atoms with van der Waals surface area (Å²) in [6.45, 7) is 8.96. The summed E-state index contributed by atoms with van der Waals surface area (Å²) in [6, 6.07) is 8.52. The van der Waals surface area contributed by atoms with Crippen molar-refractivity contribution in [1.82, 2.24) is 5.32 Å². The molecule has 1 aromatic carbocycles. The first-order chi connectivity index (χ1) is 9.78. The molecule has 1 amide bonds. The Morgan fingerprint density at radius 2 is 1.76 bits per heavy atom. The van der Waals surface area contributed by atoms with E-state index in [9.17, 15) is 4.79 Å². The topological polar surface area (TPSA) is 66.4 Å². The molecule has 0 fully saturated rings. The molecule has 0 saturated heterocycles. The van der Waals surface area contributed by atoms with E-state index in [0.717, 1.165) is 19.4 Å². The molecule has 0 heterocycles. The Morgan fingerprint density at radius 1 is 1.24 bits per heavy atom. The van der Waals surface area contributed by atoms with Crippen LogP contribution in [0.3, 0.4) is 0 Å². The second kappa shape index (κ2) is 9.97. The van der Waals surface area contributed by atoms with Crippen LogP contribution in [0.25, 0.3) is 0 Å². The number of hydrogen-bond donors (Lipinski definition) is 2. The fourth-order valence-corrected chi connectivity index (χ4v) is 1.66. The normalized spacial score (nSPS) is 10.3. The molecule has 0 aliphatic rings. The largest absolute Gasteiger partial charge is 0.483 e. The van der Waals surface area contributed by atoms with E-state index in [-0.39, 0.29) is 17.8 Å². The molecule has 0 aliphatic carbocycles. The lowest BCUT2D eigenvalue weighted by atomic mass is 9.97. The van der Waals surface area contributed by atoms with Gasteiger partial charge in [0.2, 0.25) is 5.91 Å². The highest BCUT2D eigenvalue weighted by Crippen LogP contribution is 2.11. The van der Waals surface area contributed by atoms with Crippen molar-refractivity contribution in [3.63, 3.8) is 0 Å². The third-order valence-corrected chi connectivity index (χ3v) is 2.81. The van der Waals surface area contributed by atoms with Crippen LogP contribution in [-0.4, -0.2) is 24.0 Å². The Morgan fingerprint density at radius 3 is 2.24 bits per heavy atom. The van der Waals surface area contributed by atoms with Gasteiger partial charge in [-0.2, -0.15) is 0 Å². The van der Waals surface area contributed by atoms with Crippen molar-refractivity contribution in [2.24, 2.45) is 5.41 Å². The fraction of sp³-hybridized carbons (Fsp3) is 0.529. The summed E-state index contributed by atoms with van der Waals surface area (Å²) in [5.41, 5.74) is 2.75. The number of nitrogens with one attached hydrogen (secondary N) is 1. The number of rotatable bonds is 5. The molecule has 0 unspecified atom stereocenters. The summed E-state index contributed by atoms with van der Waals surface area (Å²) in [7, 11) is 0. The average Bonchev–Trinajstić information content (AvgIpc) is 2.39. The molecule has 1 rings (SSSR count). The number of aryl methyl sites for hydroxylation is 2. The van der Waals surface area contributed by atoms with Crippen LogP contribution in [0.15, 0.2) is 24.3 Å². The fourth-order valence-electron chi connectivity index (χ4n) is 1.66. The van der Waals surface area contributed by atoms with Crippen LogP contribution in [0.2, 0.25) is 0 Å². The van der Waals surface area contributed by atoms with Crippen molar-refractivity contribution in [3.8, 4) is 0 Å². The molecule has 0 aromatic heterocycles. The monoisotopic (exact) mass is 293 g/mol. The van der Waals surface area contributed by atoms with Gasteiger partial charge in [0.1, 0.15) is 0 Å². The van der Waals surface area contributed by atoms with Crippen LogP contribution in [0.5, 0.6) is 0 Å². The van der Waals surface area contributed by atoms with Gasteiger partial charge in [-0.1, -0.05) is 50.6 Å². The summed E-state index contributed by atoms with van der Waals surface area (Å²) in [5, 5.41) is 9.87. The molecule has 4 heteroatoms. The number of benzene rings is 1.